The van der Waals surface area contributed by atoms with Crippen LogP contribution in [0.2, 0.25) is 5.02 Å². The van der Waals surface area contributed by atoms with E-state index in [1.165, 1.54) is 16.8 Å². The lowest BCUT2D eigenvalue weighted by Gasteiger charge is -2.06. The van der Waals surface area contributed by atoms with Gasteiger partial charge in [0.1, 0.15) is 5.82 Å². The minimum atomic E-state index is -0.386. The van der Waals surface area contributed by atoms with E-state index in [1.54, 1.807) is 19.2 Å². The van der Waals surface area contributed by atoms with Gasteiger partial charge in [0.25, 0.3) is 0 Å². The van der Waals surface area contributed by atoms with Gasteiger partial charge in [-0.15, -0.1) is 0 Å². The summed E-state index contributed by atoms with van der Waals surface area (Å²) in [6, 6.07) is 4.16. The van der Waals surface area contributed by atoms with Crippen LogP contribution in [0, 0.1) is 12.7 Å². The molecular formula is C11H10ClFN2O. The van der Waals surface area contributed by atoms with E-state index in [0.29, 0.717) is 22.0 Å². The first-order valence-electron chi connectivity index (χ1n) is 4.73. The van der Waals surface area contributed by atoms with Crippen molar-refractivity contribution in [3.8, 4) is 5.69 Å². The standard InChI is InChI=1S/C11H10ClFN2O/c1-7-10(12)5-15(14-7)11-3-2-9(13)4-8(11)6-16/h2-5,16H,6H2,1H3. The Hall–Kier alpha value is -1.39. The first-order chi connectivity index (χ1) is 7.61. The molecule has 1 aromatic carbocycles. The van der Waals surface area contributed by atoms with Gasteiger partial charge in [0.15, 0.2) is 0 Å². The van der Waals surface area contributed by atoms with Crippen LogP contribution in [-0.2, 0) is 6.61 Å². The molecule has 5 heteroatoms. The van der Waals surface area contributed by atoms with E-state index in [2.05, 4.69) is 5.10 Å². The van der Waals surface area contributed by atoms with E-state index >= 15 is 0 Å². The Morgan fingerprint density at radius 1 is 1.50 bits per heavy atom. The molecule has 0 bridgehead atoms. The van der Waals surface area contributed by atoms with Crippen molar-refractivity contribution >= 4 is 11.6 Å². The molecule has 3 nitrogen and oxygen atoms in total. The SMILES string of the molecule is Cc1nn(-c2ccc(F)cc2CO)cc1Cl. The van der Waals surface area contributed by atoms with Crippen LogP contribution in [-0.4, -0.2) is 14.9 Å². The first kappa shape index (κ1) is 11.1. The highest BCUT2D eigenvalue weighted by atomic mass is 35.5. The Balaban J connectivity index is 2.55. The Kier molecular flexibility index (Phi) is 2.94. The highest BCUT2D eigenvalue weighted by molar-refractivity contribution is 6.31. The fourth-order valence-corrected chi connectivity index (χ4v) is 1.60. The number of aromatic nitrogens is 2. The van der Waals surface area contributed by atoms with Gasteiger partial charge in [-0.25, -0.2) is 9.07 Å². The van der Waals surface area contributed by atoms with Crippen molar-refractivity contribution in [2.45, 2.75) is 13.5 Å². The van der Waals surface area contributed by atoms with Crippen molar-refractivity contribution in [2.24, 2.45) is 0 Å². The first-order valence-corrected chi connectivity index (χ1v) is 5.11. The molecule has 1 N–H and O–H groups in total. The fraction of sp³-hybridized carbons (Fsp3) is 0.182. The topological polar surface area (TPSA) is 38.0 Å². The highest BCUT2D eigenvalue weighted by Gasteiger charge is 2.08. The highest BCUT2D eigenvalue weighted by Crippen LogP contribution is 2.20. The van der Waals surface area contributed by atoms with Gasteiger partial charge in [-0.1, -0.05) is 11.6 Å². The van der Waals surface area contributed by atoms with Gasteiger partial charge in [-0.3, -0.25) is 0 Å². The minimum Gasteiger partial charge on any atom is -0.392 e. The molecule has 1 aromatic heterocycles. The van der Waals surface area contributed by atoms with Crippen molar-refractivity contribution in [3.63, 3.8) is 0 Å². The van der Waals surface area contributed by atoms with Crippen molar-refractivity contribution in [1.82, 2.24) is 9.78 Å². The number of nitrogens with zero attached hydrogens (tertiary/aromatic N) is 2. The average molecular weight is 241 g/mol. The molecule has 1 heterocycles. The maximum Gasteiger partial charge on any atom is 0.123 e. The lowest BCUT2D eigenvalue weighted by Crippen LogP contribution is -2.01. The maximum absolute atomic E-state index is 13.0. The normalized spacial score (nSPS) is 10.8. The van der Waals surface area contributed by atoms with Crippen LogP contribution in [0.4, 0.5) is 4.39 Å². The summed E-state index contributed by atoms with van der Waals surface area (Å²) >= 11 is 5.89. The van der Waals surface area contributed by atoms with E-state index < -0.39 is 0 Å². The molecule has 0 spiro atoms. The van der Waals surface area contributed by atoms with Gasteiger partial charge in [0, 0.05) is 11.8 Å². The Morgan fingerprint density at radius 2 is 2.25 bits per heavy atom. The monoisotopic (exact) mass is 240 g/mol. The van der Waals surface area contributed by atoms with Gasteiger partial charge < -0.3 is 5.11 Å². The number of aliphatic hydroxyl groups excluding tert-OH is 1. The summed E-state index contributed by atoms with van der Waals surface area (Å²) in [5.74, 6) is -0.386. The molecule has 0 saturated carbocycles. The number of aryl methyl sites for hydroxylation is 1. The molecule has 2 aromatic rings. The molecule has 84 valence electrons. The van der Waals surface area contributed by atoms with Crippen LogP contribution >= 0.6 is 11.6 Å². The second-order valence-corrected chi connectivity index (χ2v) is 3.85. The molecule has 0 saturated heterocycles. The molecule has 2 rings (SSSR count). The van der Waals surface area contributed by atoms with Crippen LogP contribution < -0.4 is 0 Å². The largest absolute Gasteiger partial charge is 0.392 e. The third kappa shape index (κ3) is 1.94. The number of benzene rings is 1. The van der Waals surface area contributed by atoms with Crippen molar-refractivity contribution < 1.29 is 9.50 Å². The van der Waals surface area contributed by atoms with Crippen LogP contribution in [0.25, 0.3) is 5.69 Å². The zero-order valence-electron chi connectivity index (χ0n) is 8.61. The van der Waals surface area contributed by atoms with E-state index in [4.69, 9.17) is 16.7 Å². The van der Waals surface area contributed by atoms with Gasteiger partial charge in [-0.2, -0.15) is 5.10 Å². The van der Waals surface area contributed by atoms with Crippen LogP contribution in [0.15, 0.2) is 24.4 Å². The van der Waals surface area contributed by atoms with E-state index in [1.807, 2.05) is 0 Å². The van der Waals surface area contributed by atoms with Gasteiger partial charge in [-0.05, 0) is 25.1 Å². The molecule has 0 aliphatic rings. The zero-order chi connectivity index (χ0) is 11.7. The molecule has 0 aliphatic heterocycles. The predicted molar refractivity (Wildman–Crippen MR) is 59.2 cm³/mol. The molecule has 0 amide bonds. The third-order valence-corrected chi connectivity index (χ3v) is 2.67. The van der Waals surface area contributed by atoms with Gasteiger partial charge in [0.2, 0.25) is 0 Å². The molecule has 16 heavy (non-hydrogen) atoms. The fourth-order valence-electron chi connectivity index (χ4n) is 1.47. The van der Waals surface area contributed by atoms with Gasteiger partial charge >= 0.3 is 0 Å². The maximum atomic E-state index is 13.0. The summed E-state index contributed by atoms with van der Waals surface area (Å²) < 4.78 is 14.5. The number of aliphatic hydroxyl groups is 1. The summed E-state index contributed by atoms with van der Waals surface area (Å²) in [4.78, 5) is 0. The van der Waals surface area contributed by atoms with Crippen molar-refractivity contribution in [2.75, 3.05) is 0 Å². The summed E-state index contributed by atoms with van der Waals surface area (Å²) in [6.07, 6.45) is 1.63. The number of hydrogen-bond acceptors (Lipinski definition) is 2. The minimum absolute atomic E-state index is 0.246. The summed E-state index contributed by atoms with van der Waals surface area (Å²) in [5.41, 5.74) is 1.79. The molecular weight excluding hydrogens is 231 g/mol. The van der Waals surface area contributed by atoms with Gasteiger partial charge in [0.05, 0.1) is 23.0 Å². The Morgan fingerprint density at radius 3 is 2.81 bits per heavy atom. The second-order valence-electron chi connectivity index (χ2n) is 3.44. The smallest absolute Gasteiger partial charge is 0.123 e. The van der Waals surface area contributed by atoms with Crippen LogP contribution in [0.1, 0.15) is 11.3 Å². The van der Waals surface area contributed by atoms with Crippen LogP contribution in [0.5, 0.6) is 0 Å². The lowest BCUT2D eigenvalue weighted by molar-refractivity contribution is 0.280. The summed E-state index contributed by atoms with van der Waals surface area (Å²) in [7, 11) is 0. The number of hydrogen-bond donors (Lipinski definition) is 1. The van der Waals surface area contributed by atoms with E-state index in [0.717, 1.165) is 0 Å². The van der Waals surface area contributed by atoms with E-state index in [9.17, 15) is 4.39 Å². The molecule has 0 unspecified atom stereocenters. The lowest BCUT2D eigenvalue weighted by atomic mass is 10.2. The van der Waals surface area contributed by atoms with Crippen LogP contribution in [0.3, 0.4) is 0 Å². The molecule has 0 atom stereocenters. The zero-order valence-corrected chi connectivity index (χ0v) is 9.37. The summed E-state index contributed by atoms with van der Waals surface area (Å²) in [6.45, 7) is 1.53. The quantitative estimate of drug-likeness (QED) is 0.876. The molecule has 0 fully saturated rings. The Bertz CT molecular complexity index is 505. The number of halogens is 2. The molecule has 0 radical (unpaired) electrons. The van der Waals surface area contributed by atoms with Crippen molar-refractivity contribution in [3.05, 3.63) is 46.5 Å². The average Bonchev–Trinajstić information content (AvgIpc) is 2.59. The molecule has 0 aliphatic carbocycles. The predicted octanol–water partition coefficient (Wildman–Crippen LogP) is 2.47. The Labute approximate surface area is 97.1 Å². The van der Waals surface area contributed by atoms with Crippen molar-refractivity contribution in [1.29, 1.82) is 0 Å². The second kappa shape index (κ2) is 4.23. The number of rotatable bonds is 2. The third-order valence-electron chi connectivity index (χ3n) is 2.30. The summed E-state index contributed by atoms with van der Waals surface area (Å²) in [5, 5.41) is 13.8. The van der Waals surface area contributed by atoms with E-state index in [-0.39, 0.29) is 12.4 Å².